The highest BCUT2D eigenvalue weighted by Crippen LogP contribution is 2.22. The van der Waals surface area contributed by atoms with Crippen LogP contribution in [-0.4, -0.2) is 35.1 Å². The van der Waals surface area contributed by atoms with E-state index in [2.05, 4.69) is 18.7 Å². The highest BCUT2D eigenvalue weighted by atomic mass is 16.4. The zero-order valence-electron chi connectivity index (χ0n) is 8.49. The molecule has 3 nitrogen and oxygen atoms in total. The van der Waals surface area contributed by atoms with Crippen molar-refractivity contribution in [1.29, 1.82) is 0 Å². The molecule has 0 radical (unpaired) electrons. The van der Waals surface area contributed by atoms with Gasteiger partial charge in [-0.15, -0.1) is 0 Å². The third-order valence-corrected chi connectivity index (χ3v) is 2.96. The van der Waals surface area contributed by atoms with E-state index in [9.17, 15) is 4.79 Å². The minimum atomic E-state index is -0.681. The Kier molecular flexibility index (Phi) is 3.72. The molecule has 76 valence electrons. The van der Waals surface area contributed by atoms with E-state index in [0.717, 1.165) is 25.4 Å². The largest absolute Gasteiger partial charge is 0.481 e. The van der Waals surface area contributed by atoms with Crippen LogP contribution in [0.15, 0.2) is 0 Å². The molecule has 1 atom stereocenters. The Labute approximate surface area is 79.7 Å². The predicted octanol–water partition coefficient (Wildman–Crippen LogP) is 1.58. The van der Waals surface area contributed by atoms with Gasteiger partial charge in [-0.3, -0.25) is 4.79 Å². The lowest BCUT2D eigenvalue weighted by Crippen LogP contribution is -2.50. The quantitative estimate of drug-likeness (QED) is 0.707. The second-order valence-electron chi connectivity index (χ2n) is 4.01. The Morgan fingerprint density at radius 3 is 2.69 bits per heavy atom. The topological polar surface area (TPSA) is 40.5 Å². The fourth-order valence-corrected chi connectivity index (χ4v) is 1.74. The molecule has 1 N–H and O–H groups in total. The summed E-state index contributed by atoms with van der Waals surface area (Å²) in [6.45, 7) is 6.66. The van der Waals surface area contributed by atoms with Gasteiger partial charge in [0.15, 0.2) is 0 Å². The Morgan fingerprint density at radius 1 is 1.62 bits per heavy atom. The summed E-state index contributed by atoms with van der Waals surface area (Å²) < 4.78 is 0. The van der Waals surface area contributed by atoms with E-state index in [1.54, 1.807) is 0 Å². The van der Waals surface area contributed by atoms with Crippen LogP contribution in [0.25, 0.3) is 0 Å². The van der Waals surface area contributed by atoms with Gasteiger partial charge in [0.25, 0.3) is 0 Å². The van der Waals surface area contributed by atoms with Gasteiger partial charge in [-0.2, -0.15) is 0 Å². The van der Waals surface area contributed by atoms with E-state index in [-0.39, 0.29) is 0 Å². The molecule has 0 aliphatic carbocycles. The molecule has 0 aromatic heterocycles. The maximum absolute atomic E-state index is 10.3. The first-order valence-corrected chi connectivity index (χ1v) is 5.09. The third kappa shape index (κ3) is 2.99. The molecule has 1 heterocycles. The van der Waals surface area contributed by atoms with Crippen LogP contribution < -0.4 is 0 Å². The molecule has 3 heteroatoms. The van der Waals surface area contributed by atoms with Crippen molar-refractivity contribution in [2.24, 2.45) is 5.92 Å². The molecule has 0 aromatic carbocycles. The van der Waals surface area contributed by atoms with E-state index in [1.165, 1.54) is 6.42 Å². The van der Waals surface area contributed by atoms with Crippen molar-refractivity contribution in [2.45, 2.75) is 39.2 Å². The molecule has 1 saturated heterocycles. The molecule has 0 bridgehead atoms. The van der Waals surface area contributed by atoms with Crippen LogP contribution in [0.5, 0.6) is 0 Å². The molecular weight excluding hydrogens is 166 g/mol. The first-order valence-electron chi connectivity index (χ1n) is 5.09. The average Bonchev–Trinajstić information content (AvgIpc) is 1.99. The molecular formula is C10H19NO2. The molecule has 0 spiro atoms. The van der Waals surface area contributed by atoms with Crippen LogP contribution >= 0.6 is 0 Å². The van der Waals surface area contributed by atoms with Crippen LogP contribution in [0.2, 0.25) is 0 Å². The van der Waals surface area contributed by atoms with Gasteiger partial charge in [0.05, 0.1) is 0 Å². The maximum Gasteiger partial charge on any atom is 0.303 e. The van der Waals surface area contributed by atoms with Crippen molar-refractivity contribution in [3.05, 3.63) is 0 Å². The van der Waals surface area contributed by atoms with Gasteiger partial charge < -0.3 is 10.0 Å². The molecule has 1 rings (SSSR count). The first-order chi connectivity index (χ1) is 6.13. The van der Waals surface area contributed by atoms with Gasteiger partial charge in [-0.25, -0.2) is 0 Å². The Balaban J connectivity index is 2.12. The second kappa shape index (κ2) is 4.61. The minimum absolute atomic E-state index is 0.300. The smallest absolute Gasteiger partial charge is 0.303 e. The van der Waals surface area contributed by atoms with Crippen molar-refractivity contribution >= 4 is 5.97 Å². The van der Waals surface area contributed by atoms with Gasteiger partial charge >= 0.3 is 5.97 Å². The lowest BCUT2D eigenvalue weighted by Gasteiger charge is -2.43. The van der Waals surface area contributed by atoms with E-state index in [4.69, 9.17) is 5.11 Å². The number of hydrogen-bond donors (Lipinski definition) is 1. The standard InChI is InChI=1S/C10H19NO2/c1-3-9-6-11(7-9)8(2)4-5-10(12)13/h8-9H,3-7H2,1-2H3,(H,12,13). The molecule has 1 fully saturated rings. The monoisotopic (exact) mass is 185 g/mol. The highest BCUT2D eigenvalue weighted by Gasteiger charge is 2.28. The third-order valence-electron chi connectivity index (χ3n) is 2.96. The summed E-state index contributed by atoms with van der Waals surface area (Å²) in [6, 6.07) is 0.443. The van der Waals surface area contributed by atoms with Gasteiger partial charge in [0, 0.05) is 25.6 Å². The zero-order chi connectivity index (χ0) is 9.84. The number of carboxylic acid groups (broad SMARTS) is 1. The van der Waals surface area contributed by atoms with E-state index >= 15 is 0 Å². The zero-order valence-corrected chi connectivity index (χ0v) is 8.49. The summed E-state index contributed by atoms with van der Waals surface area (Å²) in [5.41, 5.74) is 0. The van der Waals surface area contributed by atoms with Crippen molar-refractivity contribution in [3.63, 3.8) is 0 Å². The number of hydrogen-bond acceptors (Lipinski definition) is 2. The SMILES string of the molecule is CCC1CN(C(C)CCC(=O)O)C1. The van der Waals surface area contributed by atoms with Crippen molar-refractivity contribution in [1.82, 2.24) is 4.90 Å². The summed E-state index contributed by atoms with van der Waals surface area (Å²) in [5, 5.41) is 8.51. The molecule has 1 aliphatic rings. The average molecular weight is 185 g/mol. The van der Waals surface area contributed by atoms with Crippen molar-refractivity contribution < 1.29 is 9.90 Å². The van der Waals surface area contributed by atoms with Gasteiger partial charge in [0.2, 0.25) is 0 Å². The molecule has 0 amide bonds. The number of rotatable bonds is 5. The summed E-state index contributed by atoms with van der Waals surface area (Å²) in [7, 11) is 0. The first kappa shape index (κ1) is 10.5. The lowest BCUT2D eigenvalue weighted by molar-refractivity contribution is -0.137. The van der Waals surface area contributed by atoms with E-state index in [0.29, 0.717) is 12.5 Å². The van der Waals surface area contributed by atoms with E-state index in [1.807, 2.05) is 0 Å². The second-order valence-corrected chi connectivity index (χ2v) is 4.01. The van der Waals surface area contributed by atoms with Crippen molar-refractivity contribution in [3.8, 4) is 0 Å². The highest BCUT2D eigenvalue weighted by molar-refractivity contribution is 5.66. The molecule has 1 aliphatic heterocycles. The summed E-state index contributed by atoms with van der Waals surface area (Å²) in [4.78, 5) is 12.7. The fourth-order valence-electron chi connectivity index (χ4n) is 1.74. The Hall–Kier alpha value is -0.570. The summed E-state index contributed by atoms with van der Waals surface area (Å²) in [6.07, 6.45) is 2.34. The fraction of sp³-hybridized carbons (Fsp3) is 0.900. The van der Waals surface area contributed by atoms with Crippen LogP contribution in [0.3, 0.4) is 0 Å². The van der Waals surface area contributed by atoms with Crippen molar-refractivity contribution in [2.75, 3.05) is 13.1 Å². The van der Waals surface area contributed by atoms with Crippen LogP contribution in [-0.2, 0) is 4.79 Å². The minimum Gasteiger partial charge on any atom is -0.481 e. The number of carboxylic acids is 1. The summed E-state index contributed by atoms with van der Waals surface area (Å²) in [5.74, 6) is 0.173. The number of nitrogens with zero attached hydrogens (tertiary/aromatic N) is 1. The van der Waals surface area contributed by atoms with Crippen LogP contribution in [0.4, 0.5) is 0 Å². The number of carbonyl (C=O) groups is 1. The summed E-state index contributed by atoms with van der Waals surface area (Å²) >= 11 is 0. The molecule has 1 unspecified atom stereocenters. The predicted molar refractivity (Wildman–Crippen MR) is 51.7 cm³/mol. The lowest BCUT2D eigenvalue weighted by atomic mass is 9.94. The van der Waals surface area contributed by atoms with Gasteiger partial charge in [-0.1, -0.05) is 13.3 Å². The normalized spacial score (nSPS) is 21.1. The number of aliphatic carboxylic acids is 1. The molecule has 13 heavy (non-hydrogen) atoms. The van der Waals surface area contributed by atoms with Crippen LogP contribution in [0.1, 0.15) is 33.1 Å². The van der Waals surface area contributed by atoms with Crippen LogP contribution in [0, 0.1) is 5.92 Å². The Bertz CT molecular complexity index is 176. The Morgan fingerprint density at radius 2 is 2.23 bits per heavy atom. The number of likely N-dealkylation sites (tertiary alicyclic amines) is 1. The van der Waals surface area contributed by atoms with Gasteiger partial charge in [0.1, 0.15) is 0 Å². The van der Waals surface area contributed by atoms with E-state index < -0.39 is 5.97 Å². The van der Waals surface area contributed by atoms with Gasteiger partial charge in [-0.05, 0) is 19.3 Å². The molecule has 0 aromatic rings. The maximum atomic E-state index is 10.3. The molecule has 0 saturated carbocycles.